The minimum absolute atomic E-state index is 0.130. The van der Waals surface area contributed by atoms with Crippen LogP contribution >= 0.6 is 0 Å². The van der Waals surface area contributed by atoms with Crippen LogP contribution in [0.1, 0.15) is 11.1 Å². The molecule has 2 aromatic rings. The summed E-state index contributed by atoms with van der Waals surface area (Å²) in [6.07, 6.45) is 0.0514. The number of nitrogens with zero attached hydrogens (tertiary/aromatic N) is 1. The number of carbonyl (C=O) groups is 1. The van der Waals surface area contributed by atoms with E-state index < -0.39 is 6.10 Å². The standard InChI is InChI=1S/C17H16FNO2/c1-19(11-13-7-2-4-8-14(13)18)17(20)16-10-12-6-3-5-9-15(12)21-16/h2-9,16H,10-11H2,1H3. The first-order valence-corrected chi connectivity index (χ1v) is 6.88. The predicted octanol–water partition coefficient (Wildman–Crippen LogP) is 2.79. The zero-order valence-corrected chi connectivity index (χ0v) is 11.8. The van der Waals surface area contributed by atoms with E-state index in [0.29, 0.717) is 12.0 Å². The largest absolute Gasteiger partial charge is 0.480 e. The van der Waals surface area contributed by atoms with Crippen molar-refractivity contribution in [2.24, 2.45) is 0 Å². The molecular weight excluding hydrogens is 269 g/mol. The second-order valence-corrected chi connectivity index (χ2v) is 5.20. The van der Waals surface area contributed by atoms with Crippen LogP contribution in [0.15, 0.2) is 48.5 Å². The Labute approximate surface area is 123 Å². The highest BCUT2D eigenvalue weighted by atomic mass is 19.1. The summed E-state index contributed by atoms with van der Waals surface area (Å²) in [5.41, 5.74) is 1.54. The molecule has 108 valence electrons. The van der Waals surface area contributed by atoms with Crippen LogP contribution in [0.3, 0.4) is 0 Å². The van der Waals surface area contributed by atoms with Gasteiger partial charge in [0, 0.05) is 25.6 Å². The zero-order chi connectivity index (χ0) is 14.8. The Bertz CT molecular complexity index is 646. The van der Waals surface area contributed by atoms with Crippen molar-refractivity contribution in [1.82, 2.24) is 4.90 Å². The number of hydrogen-bond acceptors (Lipinski definition) is 2. The Morgan fingerprint density at radius 2 is 1.95 bits per heavy atom. The molecule has 1 unspecified atom stereocenters. The van der Waals surface area contributed by atoms with Gasteiger partial charge in [0.2, 0.25) is 0 Å². The van der Waals surface area contributed by atoms with Gasteiger partial charge in [-0.3, -0.25) is 4.79 Å². The maximum atomic E-state index is 13.6. The Morgan fingerprint density at radius 1 is 1.24 bits per heavy atom. The summed E-state index contributed by atoms with van der Waals surface area (Å²) in [6, 6.07) is 14.1. The van der Waals surface area contributed by atoms with Crippen molar-refractivity contribution < 1.29 is 13.9 Å². The quantitative estimate of drug-likeness (QED) is 0.868. The van der Waals surface area contributed by atoms with Crippen LogP contribution in [0.4, 0.5) is 4.39 Å². The maximum Gasteiger partial charge on any atom is 0.264 e. The maximum absolute atomic E-state index is 13.6. The van der Waals surface area contributed by atoms with Crippen molar-refractivity contribution in [2.45, 2.75) is 19.1 Å². The fourth-order valence-electron chi connectivity index (χ4n) is 2.53. The third-order valence-corrected chi connectivity index (χ3v) is 3.66. The lowest BCUT2D eigenvalue weighted by Crippen LogP contribution is -2.38. The smallest absolute Gasteiger partial charge is 0.264 e. The second-order valence-electron chi connectivity index (χ2n) is 5.20. The van der Waals surface area contributed by atoms with E-state index in [4.69, 9.17) is 4.74 Å². The molecule has 0 aromatic heterocycles. The number of hydrogen-bond donors (Lipinski definition) is 0. The average molecular weight is 285 g/mol. The lowest BCUT2D eigenvalue weighted by Gasteiger charge is -2.21. The number of benzene rings is 2. The molecule has 1 aliphatic heterocycles. The molecule has 0 saturated heterocycles. The topological polar surface area (TPSA) is 29.5 Å². The summed E-state index contributed by atoms with van der Waals surface area (Å²) in [6.45, 7) is 0.238. The molecule has 0 radical (unpaired) electrons. The number of amides is 1. The van der Waals surface area contributed by atoms with E-state index in [-0.39, 0.29) is 18.3 Å². The fourth-order valence-corrected chi connectivity index (χ4v) is 2.53. The first-order valence-electron chi connectivity index (χ1n) is 6.88. The van der Waals surface area contributed by atoms with Gasteiger partial charge in [0.25, 0.3) is 5.91 Å². The SMILES string of the molecule is CN(Cc1ccccc1F)C(=O)C1Cc2ccccc2O1. The number of carbonyl (C=O) groups excluding carboxylic acids is 1. The third kappa shape index (κ3) is 2.75. The molecule has 3 nitrogen and oxygen atoms in total. The van der Waals surface area contributed by atoms with Crippen molar-refractivity contribution in [3.63, 3.8) is 0 Å². The van der Waals surface area contributed by atoms with Crippen LogP contribution in [0, 0.1) is 5.82 Å². The molecule has 21 heavy (non-hydrogen) atoms. The molecular formula is C17H16FNO2. The number of ether oxygens (including phenoxy) is 1. The number of para-hydroxylation sites is 1. The molecule has 0 fully saturated rings. The van der Waals surface area contributed by atoms with Crippen molar-refractivity contribution in [2.75, 3.05) is 7.05 Å². The van der Waals surface area contributed by atoms with Gasteiger partial charge in [-0.15, -0.1) is 0 Å². The summed E-state index contributed by atoms with van der Waals surface area (Å²) >= 11 is 0. The summed E-state index contributed by atoms with van der Waals surface area (Å²) in [7, 11) is 1.67. The van der Waals surface area contributed by atoms with Gasteiger partial charge < -0.3 is 9.64 Å². The highest BCUT2D eigenvalue weighted by Crippen LogP contribution is 2.29. The number of rotatable bonds is 3. The van der Waals surface area contributed by atoms with E-state index in [0.717, 1.165) is 11.3 Å². The van der Waals surface area contributed by atoms with Gasteiger partial charge >= 0.3 is 0 Å². The first-order chi connectivity index (χ1) is 10.1. The number of fused-ring (bicyclic) bond motifs is 1. The highest BCUT2D eigenvalue weighted by molar-refractivity contribution is 5.82. The minimum Gasteiger partial charge on any atom is -0.480 e. The molecule has 0 bridgehead atoms. The molecule has 2 aromatic carbocycles. The highest BCUT2D eigenvalue weighted by Gasteiger charge is 2.31. The van der Waals surface area contributed by atoms with E-state index in [9.17, 15) is 9.18 Å². The number of likely N-dealkylation sites (N-methyl/N-ethyl adjacent to an activating group) is 1. The van der Waals surface area contributed by atoms with Gasteiger partial charge in [-0.25, -0.2) is 4.39 Å². The average Bonchev–Trinajstić information content (AvgIpc) is 2.92. The van der Waals surface area contributed by atoms with Crippen LogP contribution in [0.5, 0.6) is 5.75 Å². The van der Waals surface area contributed by atoms with Crippen molar-refractivity contribution in [1.29, 1.82) is 0 Å². The van der Waals surface area contributed by atoms with Gasteiger partial charge in [-0.1, -0.05) is 36.4 Å². The molecule has 0 saturated carbocycles. The molecule has 0 aliphatic carbocycles. The Hall–Kier alpha value is -2.36. The number of halogens is 1. The lowest BCUT2D eigenvalue weighted by atomic mass is 10.1. The van der Waals surface area contributed by atoms with E-state index in [2.05, 4.69) is 0 Å². The molecule has 4 heteroatoms. The van der Waals surface area contributed by atoms with Crippen LogP contribution in [0.2, 0.25) is 0 Å². The van der Waals surface area contributed by atoms with Crippen LogP contribution in [0.25, 0.3) is 0 Å². The molecule has 0 N–H and O–H groups in total. The van der Waals surface area contributed by atoms with Crippen LogP contribution < -0.4 is 4.74 Å². The van der Waals surface area contributed by atoms with E-state index in [1.165, 1.54) is 11.0 Å². The third-order valence-electron chi connectivity index (χ3n) is 3.66. The lowest BCUT2D eigenvalue weighted by molar-refractivity contribution is -0.137. The predicted molar refractivity (Wildman–Crippen MR) is 77.4 cm³/mol. The van der Waals surface area contributed by atoms with Gasteiger partial charge in [0.1, 0.15) is 11.6 Å². The molecule has 0 spiro atoms. The summed E-state index contributed by atoms with van der Waals surface area (Å²) in [4.78, 5) is 13.9. The van der Waals surface area contributed by atoms with Crippen LogP contribution in [-0.4, -0.2) is 24.0 Å². The Balaban J connectivity index is 1.68. The van der Waals surface area contributed by atoms with Gasteiger partial charge in [-0.05, 0) is 17.7 Å². The van der Waals surface area contributed by atoms with E-state index in [1.54, 1.807) is 25.2 Å². The molecule has 1 atom stereocenters. The summed E-state index contributed by atoms with van der Waals surface area (Å²) in [5.74, 6) is 0.331. The molecule has 1 aliphatic rings. The van der Waals surface area contributed by atoms with Gasteiger partial charge in [-0.2, -0.15) is 0 Å². The van der Waals surface area contributed by atoms with Crippen LogP contribution in [-0.2, 0) is 17.8 Å². The monoisotopic (exact) mass is 285 g/mol. The fraction of sp³-hybridized carbons (Fsp3) is 0.235. The molecule has 1 amide bonds. The Kier molecular flexibility index (Phi) is 3.60. The second kappa shape index (κ2) is 5.56. The van der Waals surface area contributed by atoms with Crippen molar-refractivity contribution in [3.05, 3.63) is 65.5 Å². The van der Waals surface area contributed by atoms with Gasteiger partial charge in [0.05, 0.1) is 0 Å². The summed E-state index contributed by atoms with van der Waals surface area (Å²) < 4.78 is 19.3. The Morgan fingerprint density at radius 3 is 2.71 bits per heavy atom. The van der Waals surface area contributed by atoms with E-state index in [1.807, 2.05) is 24.3 Å². The first kappa shape index (κ1) is 13.6. The minimum atomic E-state index is -0.515. The molecule has 1 heterocycles. The normalized spacial score (nSPS) is 16.2. The van der Waals surface area contributed by atoms with Gasteiger partial charge in [0.15, 0.2) is 6.10 Å². The van der Waals surface area contributed by atoms with E-state index >= 15 is 0 Å². The molecule has 3 rings (SSSR count). The van der Waals surface area contributed by atoms with Crippen molar-refractivity contribution in [3.8, 4) is 5.75 Å². The zero-order valence-electron chi connectivity index (χ0n) is 11.8. The summed E-state index contributed by atoms with van der Waals surface area (Å²) in [5, 5.41) is 0. The van der Waals surface area contributed by atoms with Crippen molar-refractivity contribution >= 4 is 5.91 Å².